The number of carboxylic acid groups (broad SMARTS) is 1. The Bertz CT molecular complexity index is 888. The number of aromatic carboxylic acids is 1. The van der Waals surface area contributed by atoms with Gasteiger partial charge < -0.3 is 30.3 Å². The molecule has 1 aromatic carbocycles. The zero-order valence-electron chi connectivity index (χ0n) is 18.5. The summed E-state index contributed by atoms with van der Waals surface area (Å²) in [5.41, 5.74) is 1.54. The monoisotopic (exact) mass is 451 g/mol. The van der Waals surface area contributed by atoms with Gasteiger partial charge in [0.2, 0.25) is 0 Å². The minimum absolute atomic E-state index is 0.0850. The zero-order valence-corrected chi connectivity index (χ0v) is 18.5. The minimum atomic E-state index is -2.82. The van der Waals surface area contributed by atoms with E-state index in [2.05, 4.69) is 16.0 Å². The molecule has 2 aliphatic heterocycles. The summed E-state index contributed by atoms with van der Waals surface area (Å²) in [5, 5.41) is 19.2. The Labute approximate surface area is 186 Å². The first-order valence-corrected chi connectivity index (χ1v) is 11.0. The number of carboxylic acids is 1. The number of hydrogen-bond acceptors (Lipinski definition) is 7. The average Bonchev–Trinajstić information content (AvgIpc) is 2.87. The van der Waals surface area contributed by atoms with E-state index in [1.54, 1.807) is 18.0 Å². The van der Waals surface area contributed by atoms with Crippen molar-refractivity contribution in [1.29, 1.82) is 0 Å². The molecular formula is C22H31F2N5O3. The van der Waals surface area contributed by atoms with Gasteiger partial charge in [0.25, 0.3) is 5.92 Å². The van der Waals surface area contributed by atoms with Crippen molar-refractivity contribution in [2.24, 2.45) is 0 Å². The summed E-state index contributed by atoms with van der Waals surface area (Å²) in [6.45, 7) is -0.205. The number of nitrogens with one attached hydrogen (secondary N) is 3. The molecule has 0 amide bonds. The molecule has 0 aromatic heterocycles. The molecule has 0 bridgehead atoms. The van der Waals surface area contributed by atoms with Gasteiger partial charge in [-0.15, -0.1) is 0 Å². The van der Waals surface area contributed by atoms with Crippen LogP contribution in [-0.2, 0) is 0 Å². The maximum absolute atomic E-state index is 14.8. The summed E-state index contributed by atoms with van der Waals surface area (Å²) >= 11 is 0. The van der Waals surface area contributed by atoms with Gasteiger partial charge in [0.1, 0.15) is 11.6 Å². The van der Waals surface area contributed by atoms with Crippen LogP contribution in [0.3, 0.4) is 0 Å². The molecule has 32 heavy (non-hydrogen) atoms. The van der Waals surface area contributed by atoms with Gasteiger partial charge in [-0.2, -0.15) is 0 Å². The van der Waals surface area contributed by atoms with Crippen LogP contribution in [0.25, 0.3) is 0 Å². The standard InChI is InChI=1S/C22H31F2N5O3/c1-28-12-22(23,24)13-29(15-6-4-3-5-7-15)19-17(28)11-25-21(27-19)26-16-9-8-14(20(30)31)10-18(16)32-2/h8-10,15,21,25-27H,3-7,11-13H2,1-2H3,(H,30,31). The van der Waals surface area contributed by atoms with Crippen LogP contribution in [0.15, 0.2) is 29.7 Å². The van der Waals surface area contributed by atoms with Gasteiger partial charge in [0.15, 0.2) is 6.29 Å². The first-order chi connectivity index (χ1) is 15.3. The quantitative estimate of drug-likeness (QED) is 0.544. The molecule has 1 aromatic rings. The molecule has 0 saturated heterocycles. The highest BCUT2D eigenvalue weighted by atomic mass is 19.3. The van der Waals surface area contributed by atoms with E-state index in [4.69, 9.17) is 4.74 Å². The van der Waals surface area contributed by atoms with Gasteiger partial charge in [0, 0.05) is 19.6 Å². The summed E-state index contributed by atoms with van der Waals surface area (Å²) in [6, 6.07) is 4.67. The van der Waals surface area contributed by atoms with E-state index in [0.29, 0.717) is 18.0 Å². The first-order valence-electron chi connectivity index (χ1n) is 11.0. The van der Waals surface area contributed by atoms with Crippen molar-refractivity contribution in [3.8, 4) is 5.75 Å². The molecule has 3 aliphatic rings. The number of alkyl halides is 2. The Kier molecular flexibility index (Phi) is 6.32. The van der Waals surface area contributed by atoms with E-state index in [1.165, 1.54) is 19.2 Å². The first kappa shape index (κ1) is 22.4. The Hall–Kier alpha value is -2.75. The topological polar surface area (TPSA) is 89.1 Å². The fourth-order valence-electron chi connectivity index (χ4n) is 4.83. The highest BCUT2D eigenvalue weighted by molar-refractivity contribution is 5.89. The number of anilines is 1. The van der Waals surface area contributed by atoms with Crippen LogP contribution in [0.5, 0.6) is 5.75 Å². The Balaban J connectivity index is 1.59. The number of benzene rings is 1. The molecule has 1 saturated carbocycles. The fourth-order valence-corrected chi connectivity index (χ4v) is 4.83. The Morgan fingerprint density at radius 2 is 2.00 bits per heavy atom. The molecular weight excluding hydrogens is 420 g/mol. The number of ether oxygens (including phenoxy) is 1. The lowest BCUT2D eigenvalue weighted by Gasteiger charge is -2.42. The van der Waals surface area contributed by atoms with Crippen LogP contribution in [0.1, 0.15) is 42.5 Å². The molecule has 1 unspecified atom stereocenters. The predicted octanol–water partition coefficient (Wildman–Crippen LogP) is 2.67. The highest BCUT2D eigenvalue weighted by Crippen LogP contribution is 2.34. The van der Waals surface area contributed by atoms with E-state index >= 15 is 0 Å². The molecule has 4 rings (SSSR count). The molecule has 10 heteroatoms. The number of carbonyl (C=O) groups is 1. The van der Waals surface area contributed by atoms with Gasteiger partial charge >= 0.3 is 5.97 Å². The molecule has 1 fully saturated rings. The maximum atomic E-state index is 14.8. The number of nitrogens with zero attached hydrogens (tertiary/aromatic N) is 2. The van der Waals surface area contributed by atoms with Crippen LogP contribution in [0.4, 0.5) is 14.5 Å². The lowest BCUT2D eigenvalue weighted by atomic mass is 9.94. The molecule has 8 nitrogen and oxygen atoms in total. The summed E-state index contributed by atoms with van der Waals surface area (Å²) in [6.07, 6.45) is 4.64. The van der Waals surface area contributed by atoms with Crippen LogP contribution in [0.2, 0.25) is 0 Å². The lowest BCUT2D eigenvalue weighted by molar-refractivity contribution is -0.0437. The number of rotatable bonds is 5. The number of methoxy groups -OCH3 is 1. The molecule has 0 radical (unpaired) electrons. The van der Waals surface area contributed by atoms with Crippen molar-refractivity contribution in [2.45, 2.75) is 50.4 Å². The number of hydrogen-bond donors (Lipinski definition) is 4. The third-order valence-electron chi connectivity index (χ3n) is 6.41. The highest BCUT2D eigenvalue weighted by Gasteiger charge is 2.43. The van der Waals surface area contributed by atoms with E-state index in [-0.39, 0.29) is 24.7 Å². The van der Waals surface area contributed by atoms with Crippen LogP contribution in [0, 0.1) is 0 Å². The Morgan fingerprint density at radius 3 is 2.69 bits per heavy atom. The van der Waals surface area contributed by atoms with E-state index in [1.807, 2.05) is 4.90 Å². The smallest absolute Gasteiger partial charge is 0.335 e. The second-order valence-corrected chi connectivity index (χ2v) is 8.75. The summed E-state index contributed by atoms with van der Waals surface area (Å²) in [4.78, 5) is 14.8. The summed E-state index contributed by atoms with van der Waals surface area (Å²) in [5.74, 6) is -2.73. The van der Waals surface area contributed by atoms with E-state index in [0.717, 1.165) is 43.6 Å². The normalized spacial score (nSPS) is 23.8. The van der Waals surface area contributed by atoms with Crippen molar-refractivity contribution in [3.05, 3.63) is 35.3 Å². The van der Waals surface area contributed by atoms with Crippen molar-refractivity contribution < 1.29 is 23.4 Å². The van der Waals surface area contributed by atoms with Crippen molar-refractivity contribution in [2.75, 3.05) is 39.1 Å². The van der Waals surface area contributed by atoms with Crippen LogP contribution >= 0.6 is 0 Å². The second kappa shape index (κ2) is 9.01. The largest absolute Gasteiger partial charge is 0.495 e. The summed E-state index contributed by atoms with van der Waals surface area (Å²) in [7, 11) is 3.18. The third-order valence-corrected chi connectivity index (χ3v) is 6.41. The van der Waals surface area contributed by atoms with Crippen molar-refractivity contribution in [1.82, 2.24) is 20.4 Å². The maximum Gasteiger partial charge on any atom is 0.335 e. The van der Waals surface area contributed by atoms with Crippen LogP contribution < -0.4 is 20.7 Å². The fraction of sp³-hybridized carbons (Fsp3) is 0.591. The van der Waals surface area contributed by atoms with Crippen LogP contribution in [-0.4, -0.2) is 72.9 Å². The molecule has 1 aliphatic carbocycles. The van der Waals surface area contributed by atoms with Gasteiger partial charge in [-0.1, -0.05) is 19.3 Å². The molecule has 176 valence electrons. The summed E-state index contributed by atoms with van der Waals surface area (Å²) < 4.78 is 34.9. The number of halogens is 2. The van der Waals surface area contributed by atoms with E-state index in [9.17, 15) is 18.7 Å². The van der Waals surface area contributed by atoms with Gasteiger partial charge in [-0.05, 0) is 31.0 Å². The van der Waals surface area contributed by atoms with E-state index < -0.39 is 18.2 Å². The lowest BCUT2D eigenvalue weighted by Crippen LogP contribution is -2.57. The number of likely N-dealkylation sites (N-methyl/N-ethyl adjacent to an activating group) is 1. The van der Waals surface area contributed by atoms with Gasteiger partial charge in [0.05, 0.1) is 37.1 Å². The van der Waals surface area contributed by atoms with Gasteiger partial charge in [-0.3, -0.25) is 5.32 Å². The van der Waals surface area contributed by atoms with Crippen molar-refractivity contribution >= 4 is 11.7 Å². The van der Waals surface area contributed by atoms with Gasteiger partial charge in [-0.25, -0.2) is 13.6 Å². The minimum Gasteiger partial charge on any atom is -0.495 e. The zero-order chi connectivity index (χ0) is 22.9. The second-order valence-electron chi connectivity index (χ2n) is 8.75. The predicted molar refractivity (Wildman–Crippen MR) is 117 cm³/mol. The Morgan fingerprint density at radius 1 is 1.25 bits per heavy atom. The SMILES string of the molecule is COc1cc(C(=O)O)ccc1NC1NCC2=C(N1)N(C1CCCCC1)CC(F)(F)CN2C. The van der Waals surface area contributed by atoms with Crippen molar-refractivity contribution in [3.63, 3.8) is 0 Å². The molecule has 0 spiro atoms. The average molecular weight is 452 g/mol. The molecule has 2 heterocycles. The molecule has 1 atom stereocenters. The molecule has 4 N–H and O–H groups in total. The third kappa shape index (κ3) is 4.69.